The van der Waals surface area contributed by atoms with E-state index in [1.165, 1.54) is 28.8 Å². The average Bonchev–Trinajstić information content (AvgIpc) is 3.08. The van der Waals surface area contributed by atoms with Crippen LogP contribution in [0, 0.1) is 5.82 Å². The van der Waals surface area contributed by atoms with Gasteiger partial charge >= 0.3 is 0 Å². The average molecular weight is 417 g/mol. The van der Waals surface area contributed by atoms with Crippen LogP contribution < -0.4 is 0 Å². The zero-order valence-corrected chi connectivity index (χ0v) is 18.1. The highest BCUT2D eigenvalue weighted by atomic mass is 32.2. The zero-order chi connectivity index (χ0) is 21.3. The Morgan fingerprint density at radius 1 is 1.21 bits per heavy atom. The van der Waals surface area contributed by atoms with E-state index in [2.05, 4.69) is 4.99 Å². The lowest BCUT2D eigenvalue weighted by atomic mass is 9.93. The molecule has 6 nitrogen and oxygen atoms in total. The zero-order valence-electron chi connectivity index (χ0n) is 17.3. The number of fused-ring (bicyclic) bond motifs is 1. The molecule has 0 radical (unpaired) electrons. The van der Waals surface area contributed by atoms with Crippen molar-refractivity contribution in [2.75, 3.05) is 27.7 Å². The second kappa shape index (κ2) is 8.41. The number of thioether (sulfide) groups is 1. The van der Waals surface area contributed by atoms with E-state index >= 15 is 0 Å². The molecule has 0 aliphatic carbocycles. The van der Waals surface area contributed by atoms with Crippen molar-refractivity contribution >= 4 is 28.7 Å². The van der Waals surface area contributed by atoms with Gasteiger partial charge in [0, 0.05) is 33.4 Å². The molecule has 3 rings (SSSR count). The molecule has 2 amide bonds. The Balaban J connectivity index is 2.07. The molecular weight excluding hydrogens is 391 g/mol. The first-order valence-electron chi connectivity index (χ1n) is 9.40. The van der Waals surface area contributed by atoms with Crippen molar-refractivity contribution in [2.24, 2.45) is 4.99 Å². The minimum absolute atomic E-state index is 0.00906. The maximum absolute atomic E-state index is 13.6. The van der Waals surface area contributed by atoms with E-state index in [0.29, 0.717) is 23.0 Å². The Bertz CT molecular complexity index is 921. The molecule has 2 heterocycles. The van der Waals surface area contributed by atoms with E-state index in [9.17, 15) is 14.0 Å². The van der Waals surface area contributed by atoms with E-state index in [0.717, 1.165) is 11.3 Å². The lowest BCUT2D eigenvalue weighted by Gasteiger charge is -2.37. The third-order valence-electron chi connectivity index (χ3n) is 5.06. The van der Waals surface area contributed by atoms with Crippen LogP contribution in [0.4, 0.5) is 4.39 Å². The van der Waals surface area contributed by atoms with Crippen LogP contribution in [0.1, 0.15) is 31.9 Å². The summed E-state index contributed by atoms with van der Waals surface area (Å²) in [7, 11) is 5.15. The van der Waals surface area contributed by atoms with Gasteiger partial charge in [0.05, 0.1) is 23.7 Å². The smallest absolute Gasteiger partial charge is 0.253 e. The first-order chi connectivity index (χ1) is 13.7. The standard InChI is InChI=1S/C21H25FN4O2S/c1-6-25(5)17(27)11-16-12-29-21-23-13(2)18(20(28)24(3)4)19(26(16)21)14-7-9-15(22)10-8-14/h7-10,12,19H,6,11H2,1-5H3. The van der Waals surface area contributed by atoms with Gasteiger partial charge in [-0.1, -0.05) is 23.9 Å². The van der Waals surface area contributed by atoms with E-state index in [4.69, 9.17) is 0 Å². The summed E-state index contributed by atoms with van der Waals surface area (Å²) < 4.78 is 13.6. The van der Waals surface area contributed by atoms with Gasteiger partial charge in [0.1, 0.15) is 5.82 Å². The van der Waals surface area contributed by atoms with Crippen molar-refractivity contribution in [3.8, 4) is 0 Å². The first kappa shape index (κ1) is 21.1. The van der Waals surface area contributed by atoms with E-state index in [-0.39, 0.29) is 24.1 Å². The van der Waals surface area contributed by atoms with Gasteiger partial charge in [-0.05, 0) is 37.0 Å². The van der Waals surface area contributed by atoms with E-state index in [1.807, 2.05) is 24.2 Å². The molecule has 0 bridgehead atoms. The molecule has 154 valence electrons. The predicted molar refractivity (Wildman–Crippen MR) is 113 cm³/mol. The molecule has 0 fully saturated rings. The summed E-state index contributed by atoms with van der Waals surface area (Å²) in [5.41, 5.74) is 2.71. The molecule has 0 saturated heterocycles. The Hall–Kier alpha value is -2.61. The number of hydrogen-bond donors (Lipinski definition) is 0. The van der Waals surface area contributed by atoms with Crippen LogP contribution in [0.5, 0.6) is 0 Å². The van der Waals surface area contributed by atoms with E-state index < -0.39 is 6.04 Å². The number of carbonyl (C=O) groups excluding carboxylic acids is 2. The van der Waals surface area contributed by atoms with Crippen LogP contribution >= 0.6 is 11.8 Å². The summed E-state index contributed by atoms with van der Waals surface area (Å²) in [6.45, 7) is 4.35. The van der Waals surface area contributed by atoms with Crippen LogP contribution in [-0.2, 0) is 9.59 Å². The topological polar surface area (TPSA) is 56.2 Å². The number of carbonyl (C=O) groups is 2. The quantitative estimate of drug-likeness (QED) is 0.739. The van der Waals surface area contributed by atoms with Crippen molar-refractivity contribution in [3.63, 3.8) is 0 Å². The highest BCUT2D eigenvalue weighted by molar-refractivity contribution is 8.16. The summed E-state index contributed by atoms with van der Waals surface area (Å²) in [5, 5.41) is 2.63. The van der Waals surface area contributed by atoms with Crippen molar-refractivity contribution in [2.45, 2.75) is 26.3 Å². The number of halogens is 1. The number of likely N-dealkylation sites (N-methyl/N-ethyl adjacent to an activating group) is 1. The monoisotopic (exact) mass is 416 g/mol. The summed E-state index contributed by atoms with van der Waals surface area (Å²) in [6.07, 6.45) is 0.205. The number of rotatable bonds is 5. The van der Waals surface area contributed by atoms with Crippen LogP contribution in [0.3, 0.4) is 0 Å². The van der Waals surface area contributed by atoms with Gasteiger partial charge in [-0.2, -0.15) is 0 Å². The lowest BCUT2D eigenvalue weighted by molar-refractivity contribution is -0.129. The molecule has 2 aliphatic rings. The van der Waals surface area contributed by atoms with Crippen LogP contribution in [0.25, 0.3) is 0 Å². The summed E-state index contributed by atoms with van der Waals surface area (Å²) in [6, 6.07) is 5.66. The van der Waals surface area contributed by atoms with Gasteiger partial charge in [-0.25, -0.2) is 9.38 Å². The highest BCUT2D eigenvalue weighted by Crippen LogP contribution is 2.44. The Labute approximate surface area is 174 Å². The summed E-state index contributed by atoms with van der Waals surface area (Å²) >= 11 is 1.43. The number of nitrogens with zero attached hydrogens (tertiary/aromatic N) is 4. The molecule has 0 N–H and O–H groups in total. The van der Waals surface area contributed by atoms with Crippen molar-refractivity contribution < 1.29 is 14.0 Å². The Morgan fingerprint density at radius 3 is 2.45 bits per heavy atom. The van der Waals surface area contributed by atoms with Crippen molar-refractivity contribution in [1.82, 2.24) is 14.7 Å². The van der Waals surface area contributed by atoms with Crippen LogP contribution in [-0.4, -0.2) is 59.4 Å². The normalized spacial score (nSPS) is 18.3. The maximum Gasteiger partial charge on any atom is 0.253 e. The highest BCUT2D eigenvalue weighted by Gasteiger charge is 2.41. The summed E-state index contributed by atoms with van der Waals surface area (Å²) in [5.74, 6) is -0.510. The molecule has 0 spiro atoms. The number of hydrogen-bond acceptors (Lipinski definition) is 5. The number of benzene rings is 1. The van der Waals surface area contributed by atoms with Gasteiger partial charge in [0.15, 0.2) is 5.17 Å². The van der Waals surface area contributed by atoms with Gasteiger partial charge in [-0.15, -0.1) is 0 Å². The number of aliphatic imine (C=N–C) groups is 1. The SMILES string of the molecule is CCN(C)C(=O)CC1=CSC2=NC(C)=C(C(=O)N(C)C)C(c3ccc(F)cc3)N12. The fraction of sp³-hybridized carbons (Fsp3) is 0.381. The molecule has 0 saturated carbocycles. The summed E-state index contributed by atoms with van der Waals surface area (Å²) in [4.78, 5) is 35.3. The molecule has 2 aliphatic heterocycles. The molecule has 8 heteroatoms. The molecule has 1 unspecified atom stereocenters. The largest absolute Gasteiger partial charge is 0.346 e. The van der Waals surface area contributed by atoms with Gasteiger partial charge in [0.25, 0.3) is 5.91 Å². The third-order valence-corrected chi connectivity index (χ3v) is 5.94. The maximum atomic E-state index is 13.6. The van der Waals surface area contributed by atoms with Crippen LogP contribution in [0.15, 0.2) is 51.6 Å². The van der Waals surface area contributed by atoms with Gasteiger partial charge < -0.3 is 14.7 Å². The Morgan fingerprint density at radius 2 is 1.86 bits per heavy atom. The molecule has 0 aromatic heterocycles. The second-order valence-corrected chi connectivity index (χ2v) is 8.07. The third kappa shape index (κ3) is 4.07. The van der Waals surface area contributed by atoms with Gasteiger partial charge in [0.2, 0.25) is 5.91 Å². The lowest BCUT2D eigenvalue weighted by Crippen LogP contribution is -2.40. The van der Waals surface area contributed by atoms with E-state index in [1.54, 1.807) is 38.2 Å². The minimum atomic E-state index is -0.473. The van der Waals surface area contributed by atoms with Crippen LogP contribution in [0.2, 0.25) is 0 Å². The molecule has 1 atom stereocenters. The molecule has 29 heavy (non-hydrogen) atoms. The minimum Gasteiger partial charge on any atom is -0.346 e. The van der Waals surface area contributed by atoms with Gasteiger partial charge in [-0.3, -0.25) is 9.59 Å². The predicted octanol–water partition coefficient (Wildman–Crippen LogP) is 3.36. The Kier molecular flexibility index (Phi) is 6.12. The number of amidine groups is 1. The molecule has 1 aromatic rings. The number of allylic oxidation sites excluding steroid dienone is 1. The second-order valence-electron chi connectivity index (χ2n) is 7.23. The first-order valence-corrected chi connectivity index (χ1v) is 10.3. The fourth-order valence-electron chi connectivity index (χ4n) is 3.31. The molecular formula is C21H25FN4O2S. The van der Waals surface area contributed by atoms with Crippen molar-refractivity contribution in [1.29, 1.82) is 0 Å². The van der Waals surface area contributed by atoms with Crippen molar-refractivity contribution in [3.05, 3.63) is 58.0 Å². The fourth-order valence-corrected chi connectivity index (χ4v) is 4.27. The number of amides is 2. The molecule has 1 aromatic carbocycles.